The van der Waals surface area contributed by atoms with E-state index in [-0.39, 0.29) is 12.3 Å². The highest BCUT2D eigenvalue weighted by atomic mass is 35.5. The van der Waals surface area contributed by atoms with Gasteiger partial charge in [0.25, 0.3) is 0 Å². The Morgan fingerprint density at radius 1 is 0.528 bits per heavy atom. The van der Waals surface area contributed by atoms with Crippen LogP contribution in [0.3, 0.4) is 0 Å². The molecule has 14 heteroatoms. The molecule has 218 valence electrons. The third-order valence-electron chi connectivity index (χ3n) is 3.18. The van der Waals surface area contributed by atoms with Gasteiger partial charge in [-0.1, -0.05) is 24.3 Å². The molecule has 36 heavy (non-hydrogen) atoms. The van der Waals surface area contributed by atoms with Crippen LogP contribution in [0, 0.1) is 0 Å². The van der Waals surface area contributed by atoms with Crippen molar-refractivity contribution in [2.75, 3.05) is 70.3 Å². The van der Waals surface area contributed by atoms with Crippen LogP contribution < -0.4 is 0 Å². The quantitative estimate of drug-likeness (QED) is 0.0756. The van der Waals surface area contributed by atoms with E-state index < -0.39 is 23.8 Å². The average molecular weight is 619 g/mol. The van der Waals surface area contributed by atoms with Gasteiger partial charge < -0.3 is 31.7 Å². The van der Waals surface area contributed by atoms with Crippen LogP contribution in [0.25, 0.3) is 0 Å². The van der Waals surface area contributed by atoms with Crippen LogP contribution in [0.5, 0.6) is 0 Å². The first-order chi connectivity index (χ1) is 17.2. The van der Waals surface area contributed by atoms with Crippen molar-refractivity contribution in [2.24, 2.45) is 0 Å². The molecule has 9 nitrogen and oxygen atoms in total. The van der Waals surface area contributed by atoms with Gasteiger partial charge in [-0.2, -0.15) is 0 Å². The van der Waals surface area contributed by atoms with Gasteiger partial charge in [0, 0.05) is 11.8 Å². The van der Waals surface area contributed by atoms with Crippen LogP contribution in [0.2, 0.25) is 0 Å². The van der Waals surface area contributed by atoms with Gasteiger partial charge in [-0.15, -0.1) is 23.2 Å². The molecule has 0 saturated heterocycles. The Hall–Kier alpha value is 0.670. The van der Waals surface area contributed by atoms with Gasteiger partial charge in [-0.25, -0.2) is 0 Å². The van der Waals surface area contributed by atoms with E-state index in [9.17, 15) is 9.13 Å². The molecule has 0 amide bonds. The topological polar surface area (TPSA) is 98.8 Å². The molecule has 0 saturated carbocycles. The molecule has 0 aromatic rings. The van der Waals surface area contributed by atoms with E-state index in [4.69, 9.17) is 54.9 Å². The molecule has 0 N–H and O–H groups in total. The second kappa shape index (κ2) is 30.2. The molecule has 0 heterocycles. The highest BCUT2D eigenvalue weighted by Gasteiger charge is 2.23. The number of rotatable bonds is 20. The third-order valence-corrected chi connectivity index (χ3v) is 8.86. The van der Waals surface area contributed by atoms with Crippen molar-refractivity contribution in [2.45, 2.75) is 48.5 Å². The Balaban J connectivity index is -0.000000561. The summed E-state index contributed by atoms with van der Waals surface area (Å²) in [6, 6.07) is 0. The summed E-state index contributed by atoms with van der Waals surface area (Å²) in [6.07, 6.45) is 7.19. The van der Waals surface area contributed by atoms with Gasteiger partial charge in [0.15, 0.2) is 0 Å². The molecule has 0 rings (SSSR count). The highest BCUT2D eigenvalue weighted by molar-refractivity contribution is 7.54. The molecule has 0 spiro atoms. The first-order valence-corrected chi connectivity index (χ1v) is 17.7. The lowest BCUT2D eigenvalue weighted by atomic mass is 10.6. The third kappa shape index (κ3) is 27.7. The Labute approximate surface area is 230 Å². The van der Waals surface area contributed by atoms with Crippen LogP contribution in [0.1, 0.15) is 48.5 Å². The molecule has 0 aromatic heterocycles. The molecular weight excluding hydrogens is 572 g/mol. The van der Waals surface area contributed by atoms with Crippen molar-refractivity contribution in [1.82, 2.24) is 0 Å². The fourth-order valence-corrected chi connectivity index (χ4v) is 6.10. The van der Waals surface area contributed by atoms with Gasteiger partial charge in [-0.05, 0) is 48.5 Å². The lowest BCUT2D eigenvalue weighted by Gasteiger charge is -2.16. The van der Waals surface area contributed by atoms with Gasteiger partial charge in [0.1, 0.15) is 0 Å². The molecular formula is C22H47Cl2O9P3. The maximum atomic E-state index is 12.2. The summed E-state index contributed by atoms with van der Waals surface area (Å²) >= 11 is 10.5. The normalized spacial score (nSPS) is 12.1. The molecule has 0 radical (unpaired) electrons. The monoisotopic (exact) mass is 618 g/mol. The van der Waals surface area contributed by atoms with Crippen LogP contribution in [0.15, 0.2) is 24.3 Å². The van der Waals surface area contributed by atoms with Crippen LogP contribution >= 0.6 is 47.0 Å². The number of hydrogen-bond acceptors (Lipinski definition) is 9. The first kappa shape index (κ1) is 41.2. The van der Waals surface area contributed by atoms with Crippen molar-refractivity contribution in [3.63, 3.8) is 0 Å². The van der Waals surface area contributed by atoms with Crippen molar-refractivity contribution < 1.29 is 40.8 Å². The zero-order chi connectivity index (χ0) is 28.1. The average Bonchev–Trinajstić information content (AvgIpc) is 2.83. The fraction of sp³-hybridized carbons (Fsp3) is 0.818. The maximum Gasteiger partial charge on any atom is 0.334 e. The summed E-state index contributed by atoms with van der Waals surface area (Å²) < 4.78 is 60.3. The molecule has 0 atom stereocenters. The molecule has 0 aromatic carbocycles. The van der Waals surface area contributed by atoms with E-state index in [1.807, 2.05) is 32.9 Å². The molecule has 0 aliphatic rings. The van der Waals surface area contributed by atoms with Crippen molar-refractivity contribution in [1.29, 1.82) is 0 Å². The smallest absolute Gasteiger partial charge is 0.313 e. The van der Waals surface area contributed by atoms with Crippen molar-refractivity contribution in [3.05, 3.63) is 24.3 Å². The zero-order valence-electron chi connectivity index (χ0n) is 22.9. The molecule has 0 unspecified atom stereocenters. The van der Waals surface area contributed by atoms with E-state index in [1.54, 1.807) is 39.8 Å². The van der Waals surface area contributed by atoms with Gasteiger partial charge in [-0.3, -0.25) is 9.13 Å². The lowest BCUT2D eigenvalue weighted by Crippen LogP contribution is -2.00. The largest absolute Gasteiger partial charge is 0.334 e. The Kier molecular flexibility index (Phi) is 34.5. The molecule has 0 bridgehead atoms. The van der Waals surface area contributed by atoms with Crippen molar-refractivity contribution in [3.8, 4) is 0 Å². The summed E-state index contributed by atoms with van der Waals surface area (Å²) in [5, 5.41) is 0. The summed E-state index contributed by atoms with van der Waals surface area (Å²) in [5.74, 6) is 1.12. The van der Waals surface area contributed by atoms with E-state index in [0.717, 1.165) is 0 Å². The van der Waals surface area contributed by atoms with Crippen molar-refractivity contribution >= 4 is 47.0 Å². The lowest BCUT2D eigenvalue weighted by molar-refractivity contribution is 0.176. The minimum atomic E-state index is -3.09. The summed E-state index contributed by atoms with van der Waals surface area (Å²) in [5.41, 5.74) is 0. The zero-order valence-corrected chi connectivity index (χ0v) is 27.1. The van der Waals surface area contributed by atoms with E-state index >= 15 is 0 Å². The second-order valence-electron chi connectivity index (χ2n) is 5.99. The number of halogens is 2. The summed E-state index contributed by atoms with van der Waals surface area (Å²) in [6.45, 7) is 16.0. The minimum Gasteiger partial charge on any atom is -0.313 e. The van der Waals surface area contributed by atoms with E-state index in [2.05, 4.69) is 0 Å². The van der Waals surface area contributed by atoms with Gasteiger partial charge in [0.2, 0.25) is 0 Å². The van der Waals surface area contributed by atoms with Crippen LogP contribution in [0.4, 0.5) is 0 Å². The predicted molar refractivity (Wildman–Crippen MR) is 153 cm³/mol. The molecule has 0 fully saturated rings. The van der Waals surface area contributed by atoms with Gasteiger partial charge in [0.05, 0.1) is 58.6 Å². The summed E-state index contributed by atoms with van der Waals surface area (Å²) in [7, 11) is -7.24. The summed E-state index contributed by atoms with van der Waals surface area (Å²) in [4.78, 5) is 0. The number of hydrogen-bond donors (Lipinski definition) is 0. The molecule has 0 aliphatic heterocycles. The second-order valence-corrected chi connectivity index (χ2v) is 12.0. The van der Waals surface area contributed by atoms with Gasteiger partial charge >= 0.3 is 23.8 Å². The Bertz CT molecular complexity index is 537. The first-order valence-electron chi connectivity index (χ1n) is 12.1. The number of allylic oxidation sites excluding steroid dienone is 4. The van der Waals surface area contributed by atoms with E-state index in [1.165, 1.54) is 0 Å². The number of alkyl halides is 2. The predicted octanol–water partition coefficient (Wildman–Crippen LogP) is 8.42. The minimum absolute atomic E-state index is 0.146. The Morgan fingerprint density at radius 3 is 1.00 bits per heavy atom. The standard InChI is InChI=1S/C12H26O6P2.C6H15O3P.C4H6Cl2/c1-5-15-19(13,16-6-2)11-9-10-12-20(14,17-7-3)18-8-4;1-4-7-10(8-5-2)9-6-3;5-3-1-2-4-6/h9-10H,5-8,11-12H2,1-4H3;4-6H2,1-3H3;1-2H,3-4H2/b10-9+;;2-1+. The van der Waals surface area contributed by atoms with E-state index in [0.29, 0.717) is 58.0 Å². The molecule has 0 aliphatic carbocycles. The fourth-order valence-electron chi connectivity index (χ4n) is 2.03. The maximum absolute atomic E-state index is 12.2. The SMILES string of the molecule is CCOP(=O)(C/C=C/CP(=O)(OCC)OCC)OCC.CCOP(OCC)OCC.ClC/C=C/CCl. The highest BCUT2D eigenvalue weighted by Crippen LogP contribution is 2.50. The Morgan fingerprint density at radius 2 is 0.806 bits per heavy atom. The van der Waals surface area contributed by atoms with Crippen LogP contribution in [-0.2, 0) is 40.8 Å². The van der Waals surface area contributed by atoms with Crippen LogP contribution in [-0.4, -0.2) is 70.3 Å².